The van der Waals surface area contributed by atoms with E-state index in [1.165, 1.54) is 6.08 Å². The van der Waals surface area contributed by atoms with E-state index in [-0.39, 0.29) is 6.61 Å². The van der Waals surface area contributed by atoms with E-state index in [1.807, 2.05) is 0 Å². The molecule has 0 radical (unpaired) electrons. The van der Waals surface area contributed by atoms with Crippen LogP contribution in [0.15, 0.2) is 38.0 Å². The van der Waals surface area contributed by atoms with Gasteiger partial charge in [0.05, 0.1) is 19.8 Å². The zero-order chi connectivity index (χ0) is 12.2. The van der Waals surface area contributed by atoms with Crippen molar-refractivity contribution in [2.75, 3.05) is 19.8 Å². The Labute approximate surface area is 90.0 Å². The SMILES string of the molecule is C=CCOCC=C.C=CCOP(=O)(O)O. The van der Waals surface area contributed by atoms with Crippen LogP contribution in [0.2, 0.25) is 0 Å². The minimum absolute atomic E-state index is 0.121. The highest BCUT2D eigenvalue weighted by Gasteiger charge is 2.10. The van der Waals surface area contributed by atoms with Crippen LogP contribution in [-0.2, 0) is 13.8 Å². The van der Waals surface area contributed by atoms with Gasteiger partial charge in [0, 0.05) is 0 Å². The molecule has 0 fully saturated rings. The average Bonchev–Trinajstić information content (AvgIpc) is 2.16. The van der Waals surface area contributed by atoms with Crippen molar-refractivity contribution in [2.45, 2.75) is 0 Å². The summed E-state index contributed by atoms with van der Waals surface area (Å²) in [7, 11) is -4.25. The highest BCUT2D eigenvalue weighted by molar-refractivity contribution is 7.46. The van der Waals surface area contributed by atoms with Gasteiger partial charge in [-0.1, -0.05) is 18.2 Å². The number of hydrogen-bond acceptors (Lipinski definition) is 3. The maximum atomic E-state index is 9.81. The number of ether oxygens (including phenoxy) is 1. The van der Waals surface area contributed by atoms with E-state index < -0.39 is 7.82 Å². The number of rotatable bonds is 7. The van der Waals surface area contributed by atoms with Crippen molar-refractivity contribution in [1.29, 1.82) is 0 Å². The van der Waals surface area contributed by atoms with Crippen molar-refractivity contribution >= 4 is 7.82 Å². The Kier molecular flexibility index (Phi) is 12.7. The van der Waals surface area contributed by atoms with Crippen molar-refractivity contribution in [3.05, 3.63) is 38.0 Å². The van der Waals surface area contributed by atoms with Gasteiger partial charge in [0.1, 0.15) is 0 Å². The molecule has 0 aliphatic carbocycles. The highest BCUT2D eigenvalue weighted by atomic mass is 31.2. The molecule has 0 aromatic rings. The van der Waals surface area contributed by atoms with E-state index in [1.54, 1.807) is 12.2 Å². The summed E-state index contributed by atoms with van der Waals surface area (Å²) in [6.07, 6.45) is 4.69. The largest absolute Gasteiger partial charge is 0.469 e. The number of phosphoric acid groups is 1. The molecule has 0 atom stereocenters. The molecule has 0 heterocycles. The smallest absolute Gasteiger partial charge is 0.373 e. The second-order valence-corrected chi connectivity index (χ2v) is 3.43. The molecular formula is C9H17O5P. The van der Waals surface area contributed by atoms with E-state index in [4.69, 9.17) is 14.5 Å². The predicted molar refractivity (Wildman–Crippen MR) is 59.4 cm³/mol. The number of hydrogen-bond donors (Lipinski definition) is 2. The molecule has 0 aliphatic heterocycles. The van der Waals surface area contributed by atoms with Gasteiger partial charge >= 0.3 is 7.82 Å². The summed E-state index contributed by atoms with van der Waals surface area (Å²) in [4.78, 5) is 16.0. The molecule has 6 heteroatoms. The normalized spacial score (nSPS) is 9.73. The summed E-state index contributed by atoms with van der Waals surface area (Å²) >= 11 is 0. The quantitative estimate of drug-likeness (QED) is 0.399. The Morgan fingerprint density at radius 3 is 1.60 bits per heavy atom. The summed E-state index contributed by atoms with van der Waals surface area (Å²) in [5.74, 6) is 0. The molecule has 0 spiro atoms. The Bertz CT molecular complexity index is 213. The number of phosphoric ester groups is 1. The minimum atomic E-state index is -4.25. The Morgan fingerprint density at radius 1 is 1.00 bits per heavy atom. The van der Waals surface area contributed by atoms with Gasteiger partial charge in [0.2, 0.25) is 0 Å². The first-order valence-corrected chi connectivity index (χ1v) is 5.61. The van der Waals surface area contributed by atoms with Gasteiger partial charge in [0.25, 0.3) is 0 Å². The van der Waals surface area contributed by atoms with E-state index in [2.05, 4.69) is 24.3 Å². The van der Waals surface area contributed by atoms with Crippen LogP contribution in [-0.4, -0.2) is 29.6 Å². The highest BCUT2D eigenvalue weighted by Crippen LogP contribution is 2.35. The molecule has 0 saturated carbocycles. The van der Waals surface area contributed by atoms with Crippen LogP contribution in [0.1, 0.15) is 0 Å². The van der Waals surface area contributed by atoms with Crippen molar-refractivity contribution in [3.8, 4) is 0 Å². The van der Waals surface area contributed by atoms with Gasteiger partial charge in [0.15, 0.2) is 0 Å². The van der Waals surface area contributed by atoms with Gasteiger partial charge < -0.3 is 14.5 Å². The van der Waals surface area contributed by atoms with Gasteiger partial charge in [-0.25, -0.2) is 4.57 Å². The standard InChI is InChI=1S/C6H10O.C3H7O4P/c1-3-5-7-6-4-2;1-2-3-7-8(4,5)6/h3-4H,1-2,5-6H2;2H,1,3H2,(H2,4,5,6). The van der Waals surface area contributed by atoms with Crippen molar-refractivity contribution < 1.29 is 23.6 Å². The first-order chi connectivity index (χ1) is 6.97. The summed E-state index contributed by atoms with van der Waals surface area (Å²) in [6, 6.07) is 0. The molecule has 15 heavy (non-hydrogen) atoms. The minimum Gasteiger partial charge on any atom is -0.373 e. The molecule has 88 valence electrons. The second kappa shape index (κ2) is 11.4. The fraction of sp³-hybridized carbons (Fsp3) is 0.333. The summed E-state index contributed by atoms with van der Waals surface area (Å²) in [6.45, 7) is 11.3. The third-order valence-corrected chi connectivity index (χ3v) is 1.32. The van der Waals surface area contributed by atoms with Crippen LogP contribution in [0, 0.1) is 0 Å². The zero-order valence-electron chi connectivity index (χ0n) is 8.54. The van der Waals surface area contributed by atoms with Crippen LogP contribution in [0.4, 0.5) is 0 Å². The van der Waals surface area contributed by atoms with Crippen molar-refractivity contribution in [2.24, 2.45) is 0 Å². The lowest BCUT2D eigenvalue weighted by Crippen LogP contribution is -1.87. The molecule has 0 rings (SSSR count). The maximum absolute atomic E-state index is 9.81. The molecule has 2 N–H and O–H groups in total. The van der Waals surface area contributed by atoms with Gasteiger partial charge in [-0.3, -0.25) is 4.52 Å². The topological polar surface area (TPSA) is 76.0 Å². The lowest BCUT2D eigenvalue weighted by molar-refractivity contribution is 0.194. The van der Waals surface area contributed by atoms with Crippen LogP contribution in [0.3, 0.4) is 0 Å². The van der Waals surface area contributed by atoms with Gasteiger partial charge in [-0.15, -0.1) is 19.7 Å². The van der Waals surface area contributed by atoms with E-state index in [9.17, 15) is 4.57 Å². The Hall–Kier alpha value is -0.710. The van der Waals surface area contributed by atoms with Crippen molar-refractivity contribution in [3.63, 3.8) is 0 Å². The van der Waals surface area contributed by atoms with Gasteiger partial charge in [-0.05, 0) is 0 Å². The molecule has 0 aromatic heterocycles. The van der Waals surface area contributed by atoms with Crippen LogP contribution >= 0.6 is 7.82 Å². The van der Waals surface area contributed by atoms with Crippen LogP contribution < -0.4 is 0 Å². The van der Waals surface area contributed by atoms with Gasteiger partial charge in [-0.2, -0.15) is 0 Å². The second-order valence-electron chi connectivity index (χ2n) is 2.19. The Balaban J connectivity index is 0. The first kappa shape index (κ1) is 16.7. The third-order valence-electron chi connectivity index (χ3n) is 0.832. The van der Waals surface area contributed by atoms with Crippen LogP contribution in [0.25, 0.3) is 0 Å². The fourth-order valence-electron chi connectivity index (χ4n) is 0.385. The molecule has 0 aromatic carbocycles. The summed E-state index contributed by atoms with van der Waals surface area (Å²) in [5.41, 5.74) is 0. The van der Waals surface area contributed by atoms with E-state index in [0.29, 0.717) is 13.2 Å². The monoisotopic (exact) mass is 236 g/mol. The maximum Gasteiger partial charge on any atom is 0.469 e. The molecule has 0 saturated heterocycles. The Morgan fingerprint density at radius 2 is 1.40 bits per heavy atom. The van der Waals surface area contributed by atoms with E-state index in [0.717, 1.165) is 0 Å². The molecule has 5 nitrogen and oxygen atoms in total. The summed E-state index contributed by atoms with van der Waals surface area (Å²) in [5, 5.41) is 0. The lowest BCUT2D eigenvalue weighted by atomic mass is 10.6. The molecule has 0 amide bonds. The molecule has 0 bridgehead atoms. The van der Waals surface area contributed by atoms with E-state index >= 15 is 0 Å². The fourth-order valence-corrected chi connectivity index (χ4v) is 0.684. The molecule has 0 unspecified atom stereocenters. The average molecular weight is 236 g/mol. The van der Waals surface area contributed by atoms with Crippen LogP contribution in [0.5, 0.6) is 0 Å². The zero-order valence-corrected chi connectivity index (χ0v) is 9.44. The first-order valence-electron chi connectivity index (χ1n) is 4.08. The lowest BCUT2D eigenvalue weighted by Gasteiger charge is -1.98. The third kappa shape index (κ3) is 24.6. The molecule has 0 aliphatic rings. The molecular weight excluding hydrogens is 219 g/mol. The van der Waals surface area contributed by atoms with Crippen molar-refractivity contribution in [1.82, 2.24) is 0 Å². The summed E-state index contributed by atoms with van der Waals surface area (Å²) < 4.78 is 18.6. The predicted octanol–water partition coefficient (Wildman–Crippen LogP) is 1.66.